The van der Waals surface area contributed by atoms with Gasteiger partial charge in [-0.15, -0.1) is 0 Å². The lowest BCUT2D eigenvalue weighted by Crippen LogP contribution is -2.37. The molecular formula is C16H23N3O2. The summed E-state index contributed by atoms with van der Waals surface area (Å²) in [6, 6.07) is 7.25. The van der Waals surface area contributed by atoms with Gasteiger partial charge in [-0.1, -0.05) is 6.92 Å². The Bertz CT molecular complexity index is 479. The van der Waals surface area contributed by atoms with Crippen molar-refractivity contribution in [2.75, 3.05) is 23.7 Å². The van der Waals surface area contributed by atoms with Crippen LogP contribution in [-0.4, -0.2) is 24.9 Å². The number of amides is 2. The van der Waals surface area contributed by atoms with E-state index in [-0.39, 0.29) is 17.7 Å². The van der Waals surface area contributed by atoms with E-state index in [1.807, 2.05) is 31.2 Å². The molecule has 5 nitrogen and oxygen atoms in total. The normalized spacial score (nSPS) is 18.0. The van der Waals surface area contributed by atoms with Crippen molar-refractivity contribution in [3.8, 4) is 0 Å². The molecule has 0 spiro atoms. The Morgan fingerprint density at radius 2 is 1.86 bits per heavy atom. The van der Waals surface area contributed by atoms with Crippen molar-refractivity contribution in [2.45, 2.75) is 32.6 Å². The highest BCUT2D eigenvalue weighted by molar-refractivity contribution is 5.94. The van der Waals surface area contributed by atoms with Crippen LogP contribution in [0.25, 0.3) is 0 Å². The molecule has 0 radical (unpaired) electrons. The lowest BCUT2D eigenvalue weighted by molar-refractivity contribution is -0.120. The number of benzene rings is 1. The average molecular weight is 289 g/mol. The molecule has 2 amide bonds. The van der Waals surface area contributed by atoms with Crippen molar-refractivity contribution in [3.05, 3.63) is 24.3 Å². The summed E-state index contributed by atoms with van der Waals surface area (Å²) in [7, 11) is 0. The lowest BCUT2D eigenvalue weighted by atomic mass is 9.99. The summed E-state index contributed by atoms with van der Waals surface area (Å²) >= 11 is 0. The zero-order valence-corrected chi connectivity index (χ0v) is 12.4. The minimum atomic E-state index is 0.0163. The SMILES string of the molecule is CCCC(=O)Nc1ccc(NC(=O)C2CCCNC2)cc1. The molecular weight excluding hydrogens is 266 g/mol. The van der Waals surface area contributed by atoms with Crippen LogP contribution in [0.15, 0.2) is 24.3 Å². The molecule has 1 heterocycles. The highest BCUT2D eigenvalue weighted by Crippen LogP contribution is 2.17. The molecule has 0 bridgehead atoms. The molecule has 2 rings (SSSR count). The number of hydrogen-bond acceptors (Lipinski definition) is 3. The molecule has 1 unspecified atom stereocenters. The van der Waals surface area contributed by atoms with Crippen LogP contribution in [0.4, 0.5) is 11.4 Å². The number of carbonyl (C=O) groups is 2. The maximum absolute atomic E-state index is 12.1. The van der Waals surface area contributed by atoms with Gasteiger partial charge >= 0.3 is 0 Å². The van der Waals surface area contributed by atoms with Crippen molar-refractivity contribution >= 4 is 23.2 Å². The van der Waals surface area contributed by atoms with Crippen LogP contribution in [0.2, 0.25) is 0 Å². The number of hydrogen-bond donors (Lipinski definition) is 3. The van der Waals surface area contributed by atoms with Gasteiger partial charge in [-0.2, -0.15) is 0 Å². The maximum Gasteiger partial charge on any atom is 0.228 e. The molecule has 114 valence electrons. The Balaban J connectivity index is 1.86. The second-order valence-corrected chi connectivity index (χ2v) is 5.41. The van der Waals surface area contributed by atoms with Gasteiger partial charge in [0.2, 0.25) is 11.8 Å². The highest BCUT2D eigenvalue weighted by Gasteiger charge is 2.20. The number of rotatable bonds is 5. The van der Waals surface area contributed by atoms with Crippen LogP contribution in [0.5, 0.6) is 0 Å². The van der Waals surface area contributed by atoms with E-state index in [1.54, 1.807) is 0 Å². The zero-order chi connectivity index (χ0) is 15.1. The molecule has 5 heteroatoms. The third-order valence-electron chi connectivity index (χ3n) is 3.58. The predicted molar refractivity (Wildman–Crippen MR) is 84.2 cm³/mol. The number of anilines is 2. The van der Waals surface area contributed by atoms with Gasteiger partial charge in [-0.05, 0) is 50.1 Å². The summed E-state index contributed by atoms with van der Waals surface area (Å²) in [5, 5.41) is 8.99. The molecule has 1 fully saturated rings. The van der Waals surface area contributed by atoms with Gasteiger partial charge in [0.05, 0.1) is 5.92 Å². The number of piperidine rings is 1. The topological polar surface area (TPSA) is 70.2 Å². The van der Waals surface area contributed by atoms with Crippen LogP contribution in [0.1, 0.15) is 32.6 Å². The van der Waals surface area contributed by atoms with E-state index in [2.05, 4.69) is 16.0 Å². The van der Waals surface area contributed by atoms with Crippen LogP contribution in [0.3, 0.4) is 0 Å². The second kappa shape index (κ2) is 7.78. The standard InChI is InChI=1S/C16H23N3O2/c1-2-4-15(20)18-13-6-8-14(9-7-13)19-16(21)12-5-3-10-17-11-12/h6-9,12,17H,2-5,10-11H2,1H3,(H,18,20)(H,19,21). The van der Waals surface area contributed by atoms with Gasteiger partial charge in [0.15, 0.2) is 0 Å². The maximum atomic E-state index is 12.1. The summed E-state index contributed by atoms with van der Waals surface area (Å²) in [5.74, 6) is 0.121. The van der Waals surface area contributed by atoms with Crippen molar-refractivity contribution in [1.82, 2.24) is 5.32 Å². The summed E-state index contributed by atoms with van der Waals surface area (Å²) in [5.41, 5.74) is 1.52. The third-order valence-corrected chi connectivity index (χ3v) is 3.58. The first kappa shape index (κ1) is 15.5. The van der Waals surface area contributed by atoms with E-state index in [4.69, 9.17) is 0 Å². The molecule has 1 aromatic carbocycles. The fraction of sp³-hybridized carbons (Fsp3) is 0.500. The second-order valence-electron chi connectivity index (χ2n) is 5.41. The Hall–Kier alpha value is -1.88. The molecule has 0 saturated carbocycles. The Labute approximate surface area is 125 Å². The first-order valence-electron chi connectivity index (χ1n) is 7.60. The third kappa shape index (κ3) is 4.86. The molecule has 1 aliphatic rings. The zero-order valence-electron chi connectivity index (χ0n) is 12.4. The first-order valence-corrected chi connectivity index (χ1v) is 7.60. The monoisotopic (exact) mass is 289 g/mol. The fourth-order valence-corrected chi connectivity index (χ4v) is 2.41. The minimum absolute atomic E-state index is 0.0163. The van der Waals surface area contributed by atoms with E-state index in [9.17, 15) is 9.59 Å². The van der Waals surface area contributed by atoms with Gasteiger partial charge in [-0.3, -0.25) is 9.59 Å². The lowest BCUT2D eigenvalue weighted by Gasteiger charge is -2.21. The molecule has 1 aliphatic heterocycles. The molecule has 1 atom stereocenters. The van der Waals surface area contributed by atoms with Gasteiger partial charge in [0, 0.05) is 24.3 Å². The average Bonchev–Trinajstić information content (AvgIpc) is 2.50. The number of nitrogens with one attached hydrogen (secondary N) is 3. The van der Waals surface area contributed by atoms with Crippen LogP contribution < -0.4 is 16.0 Å². The molecule has 0 aromatic heterocycles. The van der Waals surface area contributed by atoms with Gasteiger partial charge in [0.1, 0.15) is 0 Å². The molecule has 1 aromatic rings. The summed E-state index contributed by atoms with van der Waals surface area (Å²) in [6.45, 7) is 3.71. The van der Waals surface area contributed by atoms with Crippen LogP contribution in [0, 0.1) is 5.92 Å². The van der Waals surface area contributed by atoms with Gasteiger partial charge in [-0.25, -0.2) is 0 Å². The fourth-order valence-electron chi connectivity index (χ4n) is 2.41. The van der Waals surface area contributed by atoms with Crippen molar-refractivity contribution in [1.29, 1.82) is 0 Å². The van der Waals surface area contributed by atoms with E-state index in [0.29, 0.717) is 6.42 Å². The van der Waals surface area contributed by atoms with Crippen LogP contribution in [-0.2, 0) is 9.59 Å². The van der Waals surface area contributed by atoms with Crippen molar-refractivity contribution < 1.29 is 9.59 Å². The van der Waals surface area contributed by atoms with Gasteiger partial charge < -0.3 is 16.0 Å². The quantitative estimate of drug-likeness (QED) is 0.779. The Morgan fingerprint density at radius 3 is 2.43 bits per heavy atom. The summed E-state index contributed by atoms with van der Waals surface area (Å²) < 4.78 is 0. The van der Waals surface area contributed by atoms with Crippen molar-refractivity contribution in [3.63, 3.8) is 0 Å². The van der Waals surface area contributed by atoms with Crippen molar-refractivity contribution in [2.24, 2.45) is 5.92 Å². The van der Waals surface area contributed by atoms with E-state index in [0.717, 1.165) is 43.7 Å². The predicted octanol–water partition coefficient (Wildman–Crippen LogP) is 2.36. The summed E-state index contributed by atoms with van der Waals surface area (Å²) in [6.07, 6.45) is 3.33. The molecule has 21 heavy (non-hydrogen) atoms. The smallest absolute Gasteiger partial charge is 0.228 e. The van der Waals surface area contributed by atoms with E-state index >= 15 is 0 Å². The molecule has 0 aliphatic carbocycles. The van der Waals surface area contributed by atoms with Gasteiger partial charge in [0.25, 0.3) is 0 Å². The van der Waals surface area contributed by atoms with Crippen LogP contribution >= 0.6 is 0 Å². The highest BCUT2D eigenvalue weighted by atomic mass is 16.2. The molecule has 1 saturated heterocycles. The molecule has 3 N–H and O–H groups in total. The Morgan fingerprint density at radius 1 is 1.19 bits per heavy atom. The number of carbonyl (C=O) groups excluding carboxylic acids is 2. The van der Waals surface area contributed by atoms with E-state index in [1.165, 1.54) is 0 Å². The summed E-state index contributed by atoms with van der Waals surface area (Å²) in [4.78, 5) is 23.6. The minimum Gasteiger partial charge on any atom is -0.326 e. The largest absolute Gasteiger partial charge is 0.326 e. The van der Waals surface area contributed by atoms with E-state index < -0.39 is 0 Å². The Kier molecular flexibility index (Phi) is 5.75. The first-order chi connectivity index (χ1) is 10.2.